The number of halogens is 2. The standard InChI is InChI=1S/C7H7Br.C2H3ClO/c1-6-2-4-7(8)5-3-6;1-2(3)4/h2-5H,1H3;1H3. The van der Waals surface area contributed by atoms with E-state index in [9.17, 15) is 4.79 Å². The number of hydrogen-bond donors (Lipinski definition) is 0. The van der Waals surface area contributed by atoms with E-state index in [1.165, 1.54) is 12.5 Å². The van der Waals surface area contributed by atoms with E-state index in [4.69, 9.17) is 0 Å². The summed E-state index contributed by atoms with van der Waals surface area (Å²) >= 11 is 7.98. The van der Waals surface area contributed by atoms with Gasteiger partial charge in [-0.05, 0) is 30.7 Å². The highest BCUT2D eigenvalue weighted by Crippen LogP contribution is 2.08. The minimum absolute atomic E-state index is 0.361. The van der Waals surface area contributed by atoms with Crippen molar-refractivity contribution in [3.05, 3.63) is 34.3 Å². The van der Waals surface area contributed by atoms with Gasteiger partial charge in [0.05, 0.1) is 0 Å². The van der Waals surface area contributed by atoms with Crippen molar-refractivity contribution in [3.63, 3.8) is 0 Å². The molecule has 0 fully saturated rings. The first-order chi connectivity index (χ1) is 5.52. The molecule has 0 radical (unpaired) electrons. The Balaban J connectivity index is 0.000000261. The zero-order valence-corrected chi connectivity index (χ0v) is 9.32. The fraction of sp³-hybridized carbons (Fsp3) is 0.222. The minimum atomic E-state index is -0.361. The van der Waals surface area contributed by atoms with Crippen LogP contribution >= 0.6 is 27.5 Å². The van der Waals surface area contributed by atoms with E-state index in [2.05, 4.69) is 46.6 Å². The van der Waals surface area contributed by atoms with Crippen molar-refractivity contribution in [2.24, 2.45) is 0 Å². The number of hydrogen-bond acceptors (Lipinski definition) is 1. The van der Waals surface area contributed by atoms with Gasteiger partial charge < -0.3 is 0 Å². The molecule has 0 aliphatic rings. The predicted molar refractivity (Wildman–Crippen MR) is 55.4 cm³/mol. The van der Waals surface area contributed by atoms with E-state index < -0.39 is 0 Å². The second-order valence-electron chi connectivity index (χ2n) is 2.27. The highest BCUT2D eigenvalue weighted by atomic mass is 79.9. The highest BCUT2D eigenvalue weighted by Gasteiger charge is 1.81. The largest absolute Gasteiger partial charge is 0.282 e. The maximum Gasteiger partial charge on any atom is 0.218 e. The maximum atomic E-state index is 9.21. The number of aryl methyl sites for hydroxylation is 1. The number of benzene rings is 1. The Morgan fingerprint density at radius 2 is 1.67 bits per heavy atom. The molecule has 1 aromatic carbocycles. The average molecular weight is 250 g/mol. The van der Waals surface area contributed by atoms with Gasteiger partial charge in [-0.25, -0.2) is 0 Å². The second kappa shape index (κ2) is 6.21. The molecule has 1 rings (SSSR count). The molecule has 1 nitrogen and oxygen atoms in total. The number of carbonyl (C=O) groups excluding carboxylic acids is 1. The minimum Gasteiger partial charge on any atom is -0.282 e. The van der Waals surface area contributed by atoms with Gasteiger partial charge in [0.15, 0.2) is 0 Å². The van der Waals surface area contributed by atoms with Crippen LogP contribution in [0.1, 0.15) is 12.5 Å². The van der Waals surface area contributed by atoms with Crippen LogP contribution in [0.3, 0.4) is 0 Å². The van der Waals surface area contributed by atoms with Gasteiger partial charge in [0, 0.05) is 11.4 Å². The zero-order valence-electron chi connectivity index (χ0n) is 6.97. The summed E-state index contributed by atoms with van der Waals surface area (Å²) in [4.78, 5) is 9.21. The third-order valence-corrected chi connectivity index (χ3v) is 1.54. The molecule has 0 aliphatic carbocycles. The Bertz CT molecular complexity index is 218. The Kier molecular flexibility index (Phi) is 6.03. The third kappa shape index (κ3) is 7.76. The van der Waals surface area contributed by atoms with Crippen molar-refractivity contribution in [2.45, 2.75) is 13.8 Å². The van der Waals surface area contributed by atoms with Crippen LogP contribution in [0.4, 0.5) is 0 Å². The van der Waals surface area contributed by atoms with Crippen molar-refractivity contribution in [1.82, 2.24) is 0 Å². The van der Waals surface area contributed by atoms with Crippen LogP contribution in [-0.4, -0.2) is 5.24 Å². The van der Waals surface area contributed by atoms with Gasteiger partial charge in [0.25, 0.3) is 0 Å². The first kappa shape index (κ1) is 11.7. The molecular formula is C9H10BrClO. The molecule has 0 saturated heterocycles. The lowest BCUT2D eigenvalue weighted by atomic mass is 10.2. The molecule has 1 aromatic rings. The van der Waals surface area contributed by atoms with Gasteiger partial charge in [0.1, 0.15) is 0 Å². The molecule has 66 valence electrons. The van der Waals surface area contributed by atoms with Crippen LogP contribution in [0.2, 0.25) is 0 Å². The van der Waals surface area contributed by atoms with E-state index >= 15 is 0 Å². The first-order valence-electron chi connectivity index (χ1n) is 3.40. The topological polar surface area (TPSA) is 17.1 Å². The Morgan fingerprint density at radius 3 is 1.92 bits per heavy atom. The zero-order chi connectivity index (χ0) is 9.56. The van der Waals surface area contributed by atoms with E-state index in [1.54, 1.807) is 0 Å². The van der Waals surface area contributed by atoms with Gasteiger partial charge in [-0.3, -0.25) is 4.79 Å². The molecule has 0 N–H and O–H groups in total. The summed E-state index contributed by atoms with van der Waals surface area (Å²) in [7, 11) is 0. The lowest BCUT2D eigenvalue weighted by Crippen LogP contribution is -1.66. The summed E-state index contributed by atoms with van der Waals surface area (Å²) in [6, 6.07) is 8.22. The summed E-state index contributed by atoms with van der Waals surface area (Å²) in [5.74, 6) is 0. The summed E-state index contributed by atoms with van der Waals surface area (Å²) < 4.78 is 1.14. The van der Waals surface area contributed by atoms with Crippen LogP contribution in [0.5, 0.6) is 0 Å². The second-order valence-corrected chi connectivity index (χ2v) is 3.71. The lowest BCUT2D eigenvalue weighted by Gasteiger charge is -1.88. The van der Waals surface area contributed by atoms with Crippen LogP contribution in [-0.2, 0) is 4.79 Å². The van der Waals surface area contributed by atoms with E-state index in [-0.39, 0.29) is 5.24 Å². The van der Waals surface area contributed by atoms with Crippen molar-refractivity contribution in [3.8, 4) is 0 Å². The van der Waals surface area contributed by atoms with Gasteiger partial charge in [-0.1, -0.05) is 33.6 Å². The molecule has 0 amide bonds. The third-order valence-electron chi connectivity index (χ3n) is 1.01. The molecule has 0 atom stereocenters. The van der Waals surface area contributed by atoms with Crippen molar-refractivity contribution in [1.29, 1.82) is 0 Å². The van der Waals surface area contributed by atoms with Gasteiger partial charge in [-0.2, -0.15) is 0 Å². The number of rotatable bonds is 0. The van der Waals surface area contributed by atoms with E-state index in [0.717, 1.165) is 4.47 Å². The lowest BCUT2D eigenvalue weighted by molar-refractivity contribution is -0.109. The Labute approximate surface area is 85.9 Å². The van der Waals surface area contributed by atoms with Crippen LogP contribution in [0.15, 0.2) is 28.7 Å². The molecule has 0 bridgehead atoms. The van der Waals surface area contributed by atoms with Gasteiger partial charge in [0.2, 0.25) is 5.24 Å². The molecule has 0 aliphatic heterocycles. The fourth-order valence-corrected chi connectivity index (χ4v) is 0.798. The molecule has 0 aromatic heterocycles. The first-order valence-corrected chi connectivity index (χ1v) is 4.57. The predicted octanol–water partition coefficient (Wildman–Crippen LogP) is 3.53. The Morgan fingerprint density at radius 1 is 1.33 bits per heavy atom. The highest BCUT2D eigenvalue weighted by molar-refractivity contribution is 9.10. The fourth-order valence-electron chi connectivity index (χ4n) is 0.533. The summed E-state index contributed by atoms with van der Waals surface area (Å²) in [5, 5.41) is -0.361. The van der Waals surface area contributed by atoms with Crippen LogP contribution < -0.4 is 0 Å². The van der Waals surface area contributed by atoms with Crippen molar-refractivity contribution < 1.29 is 4.79 Å². The Hall–Kier alpha value is -0.340. The molecular weight excluding hydrogens is 239 g/mol. The smallest absolute Gasteiger partial charge is 0.218 e. The molecule has 0 heterocycles. The van der Waals surface area contributed by atoms with Crippen LogP contribution in [0.25, 0.3) is 0 Å². The van der Waals surface area contributed by atoms with E-state index in [0.29, 0.717) is 0 Å². The summed E-state index contributed by atoms with van der Waals surface area (Å²) in [6.07, 6.45) is 0. The summed E-state index contributed by atoms with van der Waals surface area (Å²) in [5.41, 5.74) is 1.30. The quantitative estimate of drug-likeness (QED) is 0.643. The SMILES string of the molecule is CC(=O)Cl.Cc1ccc(Br)cc1. The molecule has 0 unspecified atom stereocenters. The van der Waals surface area contributed by atoms with Gasteiger partial charge in [-0.15, -0.1) is 0 Å². The molecule has 0 saturated carbocycles. The van der Waals surface area contributed by atoms with Crippen LogP contribution in [0, 0.1) is 6.92 Å². The maximum absolute atomic E-state index is 9.21. The normalized spacial score (nSPS) is 8.33. The number of carbonyl (C=O) groups is 1. The monoisotopic (exact) mass is 248 g/mol. The molecule has 12 heavy (non-hydrogen) atoms. The van der Waals surface area contributed by atoms with Gasteiger partial charge >= 0.3 is 0 Å². The summed E-state index contributed by atoms with van der Waals surface area (Å²) in [6.45, 7) is 3.37. The molecule has 0 spiro atoms. The van der Waals surface area contributed by atoms with Crippen molar-refractivity contribution >= 4 is 32.8 Å². The molecule has 3 heteroatoms. The van der Waals surface area contributed by atoms with E-state index in [1.807, 2.05) is 12.1 Å². The average Bonchev–Trinajstić information content (AvgIpc) is 1.94. The van der Waals surface area contributed by atoms with Crippen molar-refractivity contribution in [2.75, 3.05) is 0 Å².